The normalized spacial score (nSPS) is 24.8. The fourth-order valence-corrected chi connectivity index (χ4v) is 2.40. The van der Waals surface area contributed by atoms with Gasteiger partial charge in [0.05, 0.1) is 0 Å². The molecule has 1 aliphatic heterocycles. The molecule has 0 aromatic heterocycles. The van der Waals surface area contributed by atoms with Gasteiger partial charge in [0.15, 0.2) is 0 Å². The van der Waals surface area contributed by atoms with Gasteiger partial charge < -0.3 is 9.64 Å². The summed E-state index contributed by atoms with van der Waals surface area (Å²) in [7, 11) is 0. The number of Topliss-reactive ketones (excluding diaryl/α,β-unsaturated/α-hetero) is 1. The minimum Gasteiger partial charge on any atom is -0.444 e. The maximum atomic E-state index is 12.0. The topological polar surface area (TPSA) is 46.6 Å². The molecule has 2 aliphatic rings. The van der Waals surface area contributed by atoms with Crippen molar-refractivity contribution in [2.45, 2.75) is 52.1 Å². The predicted octanol–water partition coefficient (Wildman–Crippen LogP) is 2.61. The van der Waals surface area contributed by atoms with Crippen molar-refractivity contribution >= 4 is 11.9 Å². The summed E-state index contributed by atoms with van der Waals surface area (Å²) in [5, 5.41) is 0. The van der Waals surface area contributed by atoms with Crippen LogP contribution in [0.2, 0.25) is 0 Å². The molecular weight excluding hydrogens is 230 g/mol. The molecule has 4 nitrogen and oxygen atoms in total. The lowest BCUT2D eigenvalue weighted by Gasteiger charge is -2.33. The lowest BCUT2D eigenvalue weighted by molar-refractivity contribution is -0.125. The second-order valence-corrected chi connectivity index (χ2v) is 6.44. The Morgan fingerprint density at radius 3 is 2.33 bits per heavy atom. The largest absolute Gasteiger partial charge is 0.444 e. The Morgan fingerprint density at radius 1 is 1.11 bits per heavy atom. The molecule has 102 valence electrons. The van der Waals surface area contributed by atoms with E-state index in [0.29, 0.717) is 18.9 Å². The summed E-state index contributed by atoms with van der Waals surface area (Å²) in [5.41, 5.74) is -0.468. The number of piperidine rings is 1. The van der Waals surface area contributed by atoms with Crippen LogP contribution >= 0.6 is 0 Å². The first-order chi connectivity index (χ1) is 8.37. The van der Waals surface area contributed by atoms with Crippen molar-refractivity contribution in [2.75, 3.05) is 13.1 Å². The van der Waals surface area contributed by atoms with Crippen molar-refractivity contribution in [1.29, 1.82) is 0 Å². The number of amides is 1. The molecule has 0 spiro atoms. The van der Waals surface area contributed by atoms with E-state index in [1.165, 1.54) is 0 Å². The van der Waals surface area contributed by atoms with E-state index >= 15 is 0 Å². The summed E-state index contributed by atoms with van der Waals surface area (Å²) < 4.78 is 5.36. The third kappa shape index (κ3) is 3.47. The smallest absolute Gasteiger partial charge is 0.410 e. The quantitative estimate of drug-likeness (QED) is 0.760. The molecule has 1 amide bonds. The average molecular weight is 253 g/mol. The van der Waals surface area contributed by atoms with Gasteiger partial charge in [0.1, 0.15) is 11.4 Å². The average Bonchev–Trinajstić information content (AvgIpc) is 3.10. The van der Waals surface area contributed by atoms with E-state index in [0.717, 1.165) is 25.7 Å². The Bertz CT molecular complexity index is 341. The van der Waals surface area contributed by atoms with Gasteiger partial charge in [-0.1, -0.05) is 0 Å². The van der Waals surface area contributed by atoms with Crippen molar-refractivity contribution in [3.63, 3.8) is 0 Å². The van der Waals surface area contributed by atoms with Gasteiger partial charge in [-0.3, -0.25) is 4.79 Å². The van der Waals surface area contributed by atoms with Crippen LogP contribution in [0.4, 0.5) is 4.79 Å². The Morgan fingerprint density at radius 2 is 1.78 bits per heavy atom. The molecule has 2 fully saturated rings. The Balaban J connectivity index is 1.89. The van der Waals surface area contributed by atoms with Crippen LogP contribution in [0.5, 0.6) is 0 Å². The van der Waals surface area contributed by atoms with Gasteiger partial charge >= 0.3 is 6.09 Å². The molecule has 4 heteroatoms. The highest BCUT2D eigenvalue weighted by Crippen LogP contribution is 2.35. The zero-order chi connectivity index (χ0) is 13.3. The number of nitrogens with zero attached hydrogens (tertiary/aromatic N) is 1. The van der Waals surface area contributed by atoms with E-state index in [1.54, 1.807) is 4.90 Å². The van der Waals surface area contributed by atoms with Gasteiger partial charge in [-0.15, -0.1) is 0 Å². The molecule has 2 rings (SSSR count). The van der Waals surface area contributed by atoms with Crippen LogP contribution in [0.25, 0.3) is 0 Å². The van der Waals surface area contributed by atoms with Crippen molar-refractivity contribution in [2.24, 2.45) is 11.8 Å². The molecule has 1 atom stereocenters. The van der Waals surface area contributed by atoms with E-state index in [-0.39, 0.29) is 17.9 Å². The summed E-state index contributed by atoms with van der Waals surface area (Å²) in [6.45, 7) is 6.85. The number of carbonyl (C=O) groups excluding carboxylic acids is 2. The van der Waals surface area contributed by atoms with E-state index < -0.39 is 5.60 Å². The number of carbonyl (C=O) groups is 2. The first-order valence-electron chi connectivity index (χ1n) is 6.88. The molecular formula is C14H23NO3. The van der Waals surface area contributed by atoms with Gasteiger partial charge in [0, 0.05) is 24.9 Å². The lowest BCUT2D eigenvalue weighted by atomic mass is 9.91. The highest BCUT2D eigenvalue weighted by Gasteiger charge is 2.38. The van der Waals surface area contributed by atoms with Crippen molar-refractivity contribution in [3.8, 4) is 0 Å². The second-order valence-electron chi connectivity index (χ2n) is 6.44. The van der Waals surface area contributed by atoms with E-state index in [1.807, 2.05) is 20.8 Å². The van der Waals surface area contributed by atoms with Crippen LogP contribution < -0.4 is 0 Å². The fraction of sp³-hybridized carbons (Fsp3) is 0.857. The summed E-state index contributed by atoms with van der Waals surface area (Å²) in [5.74, 6) is 0.690. The van der Waals surface area contributed by atoms with E-state index in [2.05, 4.69) is 0 Å². The molecule has 0 radical (unpaired) electrons. The van der Waals surface area contributed by atoms with Crippen molar-refractivity contribution in [1.82, 2.24) is 4.90 Å². The van der Waals surface area contributed by atoms with Crippen molar-refractivity contribution in [3.05, 3.63) is 0 Å². The van der Waals surface area contributed by atoms with Crippen LogP contribution in [0.1, 0.15) is 46.5 Å². The molecule has 1 heterocycles. The summed E-state index contributed by atoms with van der Waals surface area (Å²) in [6, 6.07) is 0. The van der Waals surface area contributed by atoms with Crippen LogP contribution in [0.3, 0.4) is 0 Å². The first-order valence-corrected chi connectivity index (χ1v) is 6.88. The Labute approximate surface area is 109 Å². The zero-order valence-electron chi connectivity index (χ0n) is 11.6. The molecule has 1 aliphatic carbocycles. The summed E-state index contributed by atoms with van der Waals surface area (Å²) in [6.07, 6.45) is 3.64. The third-order valence-corrected chi connectivity index (χ3v) is 3.46. The maximum Gasteiger partial charge on any atom is 0.410 e. The lowest BCUT2D eigenvalue weighted by Crippen LogP contribution is -2.44. The third-order valence-electron chi connectivity index (χ3n) is 3.46. The van der Waals surface area contributed by atoms with E-state index in [4.69, 9.17) is 4.74 Å². The van der Waals surface area contributed by atoms with Crippen LogP contribution in [0.15, 0.2) is 0 Å². The van der Waals surface area contributed by atoms with Gasteiger partial charge in [0.2, 0.25) is 0 Å². The van der Waals surface area contributed by atoms with Crippen LogP contribution in [0, 0.1) is 11.8 Å². The molecule has 0 N–H and O–H groups in total. The van der Waals surface area contributed by atoms with E-state index in [9.17, 15) is 9.59 Å². The van der Waals surface area contributed by atoms with Crippen molar-refractivity contribution < 1.29 is 14.3 Å². The number of likely N-dealkylation sites (tertiary alicyclic amines) is 1. The predicted molar refractivity (Wildman–Crippen MR) is 68.3 cm³/mol. The molecule has 18 heavy (non-hydrogen) atoms. The number of ether oxygens (including phenoxy) is 1. The summed E-state index contributed by atoms with van der Waals surface area (Å²) in [4.78, 5) is 25.7. The first kappa shape index (κ1) is 13.4. The SMILES string of the molecule is CC(C)(C)OC(=O)N1CCC[C@@H](C(=O)C2CC2)C1. The fourth-order valence-electron chi connectivity index (χ4n) is 2.40. The Kier molecular flexibility index (Phi) is 3.64. The van der Waals surface area contributed by atoms with Crippen LogP contribution in [-0.2, 0) is 9.53 Å². The molecule has 0 bridgehead atoms. The number of ketones is 1. The van der Waals surface area contributed by atoms with Gasteiger partial charge in [0.25, 0.3) is 0 Å². The molecule has 0 aromatic carbocycles. The number of hydrogen-bond acceptors (Lipinski definition) is 3. The number of hydrogen-bond donors (Lipinski definition) is 0. The standard InChI is InChI=1S/C14H23NO3/c1-14(2,3)18-13(17)15-8-4-5-11(9-15)12(16)10-6-7-10/h10-11H,4-9H2,1-3H3/t11-/m1/s1. The molecule has 0 aromatic rings. The zero-order valence-corrected chi connectivity index (χ0v) is 11.6. The number of rotatable bonds is 2. The molecule has 1 saturated heterocycles. The second kappa shape index (κ2) is 4.90. The monoisotopic (exact) mass is 253 g/mol. The van der Waals surface area contributed by atoms with Gasteiger partial charge in [-0.05, 0) is 46.5 Å². The molecule has 1 saturated carbocycles. The van der Waals surface area contributed by atoms with Gasteiger partial charge in [-0.2, -0.15) is 0 Å². The highest BCUT2D eigenvalue weighted by molar-refractivity contribution is 5.86. The highest BCUT2D eigenvalue weighted by atomic mass is 16.6. The van der Waals surface area contributed by atoms with Gasteiger partial charge in [-0.25, -0.2) is 4.79 Å². The summed E-state index contributed by atoms with van der Waals surface area (Å²) >= 11 is 0. The minimum atomic E-state index is -0.468. The minimum absolute atomic E-state index is 0.0405. The Hall–Kier alpha value is -1.06. The molecule has 0 unspecified atom stereocenters. The van der Waals surface area contributed by atoms with Crippen LogP contribution in [-0.4, -0.2) is 35.5 Å². The maximum absolute atomic E-state index is 12.0.